The Kier molecular flexibility index (Phi) is 2.75. The van der Waals surface area contributed by atoms with E-state index in [1.54, 1.807) is 0 Å². The molecule has 0 amide bonds. The smallest absolute Gasteiger partial charge is 0.0991 e. The molecule has 1 saturated heterocycles. The molecule has 15 heavy (non-hydrogen) atoms. The average Bonchev–Trinajstić information content (AvgIpc) is 2.15. The molecule has 0 bridgehead atoms. The second-order valence-electron chi connectivity index (χ2n) is 4.48. The van der Waals surface area contributed by atoms with Crippen LogP contribution in [-0.2, 0) is 0 Å². The van der Waals surface area contributed by atoms with Crippen LogP contribution in [0.5, 0.6) is 0 Å². The molecular weight excluding hydrogens is 184 g/mol. The molecule has 78 valence electrons. The first kappa shape index (κ1) is 10.2. The van der Waals surface area contributed by atoms with E-state index in [1.807, 2.05) is 18.2 Å². The highest BCUT2D eigenvalue weighted by atomic mass is 15.2. The van der Waals surface area contributed by atoms with E-state index < -0.39 is 0 Å². The maximum absolute atomic E-state index is 8.81. The topological polar surface area (TPSA) is 27.0 Å². The third-order valence-corrected chi connectivity index (χ3v) is 3.13. The lowest BCUT2D eigenvalue weighted by atomic mass is 9.89. The molecule has 1 heterocycles. The van der Waals surface area contributed by atoms with E-state index in [0.717, 1.165) is 18.7 Å². The van der Waals surface area contributed by atoms with Gasteiger partial charge in [-0.2, -0.15) is 5.26 Å². The number of nitrogens with zero attached hydrogens (tertiary/aromatic N) is 2. The van der Waals surface area contributed by atoms with Gasteiger partial charge in [0.2, 0.25) is 0 Å². The minimum atomic E-state index is 0.626. The van der Waals surface area contributed by atoms with Crippen LogP contribution in [0.15, 0.2) is 24.3 Å². The molecule has 0 aromatic heterocycles. The Morgan fingerprint density at radius 3 is 2.73 bits per heavy atom. The van der Waals surface area contributed by atoms with Crippen LogP contribution < -0.4 is 0 Å². The van der Waals surface area contributed by atoms with Crippen LogP contribution in [0.4, 0.5) is 0 Å². The maximum atomic E-state index is 8.81. The molecule has 1 aliphatic heterocycles. The summed E-state index contributed by atoms with van der Waals surface area (Å²) in [5.41, 5.74) is 2.08. The fourth-order valence-electron chi connectivity index (χ4n) is 2.01. The summed E-state index contributed by atoms with van der Waals surface area (Å²) in [6.07, 6.45) is 0. The minimum absolute atomic E-state index is 0.626. The number of nitriles is 1. The van der Waals surface area contributed by atoms with Crippen molar-refractivity contribution in [3.63, 3.8) is 0 Å². The highest BCUT2D eigenvalue weighted by Crippen LogP contribution is 2.28. The lowest BCUT2D eigenvalue weighted by Crippen LogP contribution is -2.48. The average molecular weight is 200 g/mol. The highest BCUT2D eigenvalue weighted by Gasteiger charge is 2.29. The molecule has 1 aromatic rings. The van der Waals surface area contributed by atoms with E-state index in [0.29, 0.717) is 12.0 Å². The second-order valence-corrected chi connectivity index (χ2v) is 4.48. The molecule has 2 heteroatoms. The first-order valence-electron chi connectivity index (χ1n) is 5.45. The molecule has 0 spiro atoms. The van der Waals surface area contributed by atoms with Gasteiger partial charge in [0.15, 0.2) is 0 Å². The van der Waals surface area contributed by atoms with Crippen LogP contribution in [0.2, 0.25) is 0 Å². The molecule has 0 radical (unpaired) electrons. The normalized spacial score (nSPS) is 17.5. The summed E-state index contributed by atoms with van der Waals surface area (Å²) < 4.78 is 0. The first-order chi connectivity index (χ1) is 7.20. The van der Waals surface area contributed by atoms with Crippen LogP contribution in [0.25, 0.3) is 0 Å². The predicted octanol–water partition coefficient (Wildman–Crippen LogP) is 2.37. The molecular formula is C13H16N2. The highest BCUT2D eigenvalue weighted by molar-refractivity contribution is 5.35. The van der Waals surface area contributed by atoms with Crippen molar-refractivity contribution in [2.45, 2.75) is 25.8 Å². The van der Waals surface area contributed by atoms with Crippen molar-refractivity contribution in [3.8, 4) is 6.07 Å². The fourth-order valence-corrected chi connectivity index (χ4v) is 2.01. The molecule has 0 N–H and O–H groups in total. The maximum Gasteiger partial charge on any atom is 0.0991 e. The van der Waals surface area contributed by atoms with Crippen molar-refractivity contribution >= 4 is 0 Å². The largest absolute Gasteiger partial charge is 0.300 e. The summed E-state index contributed by atoms with van der Waals surface area (Å²) in [4.78, 5) is 2.45. The van der Waals surface area contributed by atoms with E-state index in [-0.39, 0.29) is 0 Å². The zero-order chi connectivity index (χ0) is 10.8. The quantitative estimate of drug-likeness (QED) is 0.732. The van der Waals surface area contributed by atoms with E-state index in [9.17, 15) is 0 Å². The van der Waals surface area contributed by atoms with Gasteiger partial charge in [0, 0.05) is 25.0 Å². The summed E-state index contributed by atoms with van der Waals surface area (Å²) in [7, 11) is 0. The number of benzene rings is 1. The molecule has 1 fully saturated rings. The Morgan fingerprint density at radius 2 is 2.13 bits per heavy atom. The van der Waals surface area contributed by atoms with Crippen LogP contribution in [0.1, 0.15) is 30.9 Å². The van der Waals surface area contributed by atoms with Gasteiger partial charge in [-0.05, 0) is 31.5 Å². The lowest BCUT2D eigenvalue weighted by molar-refractivity contribution is 0.110. The van der Waals surface area contributed by atoms with Gasteiger partial charge in [0.1, 0.15) is 0 Å². The fraction of sp³-hybridized carbons (Fsp3) is 0.462. The van der Waals surface area contributed by atoms with E-state index in [4.69, 9.17) is 5.26 Å². The Bertz CT molecular complexity index is 384. The van der Waals surface area contributed by atoms with Gasteiger partial charge in [0.05, 0.1) is 11.6 Å². The lowest BCUT2D eigenvalue weighted by Gasteiger charge is -2.42. The van der Waals surface area contributed by atoms with Crippen molar-refractivity contribution in [3.05, 3.63) is 35.4 Å². The third kappa shape index (κ3) is 2.03. The molecule has 1 aromatic carbocycles. The molecule has 2 rings (SSSR count). The monoisotopic (exact) mass is 200 g/mol. The zero-order valence-corrected chi connectivity index (χ0v) is 9.27. The molecule has 0 atom stereocenters. The number of likely N-dealkylation sites (tertiary alicyclic amines) is 1. The molecule has 0 saturated carbocycles. The van der Waals surface area contributed by atoms with Crippen LogP contribution >= 0.6 is 0 Å². The van der Waals surface area contributed by atoms with Gasteiger partial charge in [-0.1, -0.05) is 12.1 Å². The molecule has 2 nitrogen and oxygen atoms in total. The zero-order valence-electron chi connectivity index (χ0n) is 9.27. The second kappa shape index (κ2) is 4.04. The summed E-state index contributed by atoms with van der Waals surface area (Å²) in [6, 6.07) is 10.8. The van der Waals surface area contributed by atoms with Crippen molar-refractivity contribution < 1.29 is 0 Å². The standard InChI is InChI=1S/C13H16N2/c1-10(2)15-8-13(9-15)12-5-3-4-11(6-12)7-14/h3-6,10,13H,8-9H2,1-2H3. The van der Waals surface area contributed by atoms with Crippen molar-refractivity contribution in [1.29, 1.82) is 5.26 Å². The Labute approximate surface area is 91.1 Å². The summed E-state index contributed by atoms with van der Waals surface area (Å²) >= 11 is 0. The van der Waals surface area contributed by atoms with Gasteiger partial charge in [-0.15, -0.1) is 0 Å². The predicted molar refractivity (Wildman–Crippen MR) is 60.6 cm³/mol. The van der Waals surface area contributed by atoms with E-state index in [2.05, 4.69) is 30.9 Å². The Balaban J connectivity index is 2.04. The van der Waals surface area contributed by atoms with Crippen molar-refractivity contribution in [1.82, 2.24) is 4.90 Å². The first-order valence-corrected chi connectivity index (χ1v) is 5.45. The summed E-state index contributed by atoms with van der Waals surface area (Å²) in [5.74, 6) is 0.626. The Morgan fingerprint density at radius 1 is 1.40 bits per heavy atom. The van der Waals surface area contributed by atoms with Gasteiger partial charge in [0.25, 0.3) is 0 Å². The third-order valence-electron chi connectivity index (χ3n) is 3.13. The van der Waals surface area contributed by atoms with Crippen LogP contribution in [-0.4, -0.2) is 24.0 Å². The van der Waals surface area contributed by atoms with Crippen LogP contribution in [0.3, 0.4) is 0 Å². The molecule has 0 aliphatic carbocycles. The van der Waals surface area contributed by atoms with Crippen molar-refractivity contribution in [2.75, 3.05) is 13.1 Å². The number of hydrogen-bond acceptors (Lipinski definition) is 2. The van der Waals surface area contributed by atoms with Gasteiger partial charge in [-0.25, -0.2) is 0 Å². The van der Waals surface area contributed by atoms with E-state index in [1.165, 1.54) is 5.56 Å². The molecule has 0 unspecified atom stereocenters. The van der Waals surface area contributed by atoms with Crippen LogP contribution in [0, 0.1) is 11.3 Å². The van der Waals surface area contributed by atoms with Gasteiger partial charge < -0.3 is 0 Å². The summed E-state index contributed by atoms with van der Waals surface area (Å²) in [6.45, 7) is 6.71. The Hall–Kier alpha value is -1.33. The van der Waals surface area contributed by atoms with E-state index >= 15 is 0 Å². The minimum Gasteiger partial charge on any atom is -0.300 e. The number of rotatable bonds is 2. The van der Waals surface area contributed by atoms with Crippen molar-refractivity contribution in [2.24, 2.45) is 0 Å². The summed E-state index contributed by atoms with van der Waals surface area (Å²) in [5, 5.41) is 8.81. The SMILES string of the molecule is CC(C)N1CC(c2cccc(C#N)c2)C1. The van der Waals surface area contributed by atoms with Gasteiger partial charge >= 0.3 is 0 Å². The number of hydrogen-bond donors (Lipinski definition) is 0. The molecule has 1 aliphatic rings. The van der Waals surface area contributed by atoms with Gasteiger partial charge in [-0.3, -0.25) is 4.90 Å².